The Morgan fingerprint density at radius 2 is 1.75 bits per heavy atom. The molecule has 0 saturated carbocycles. The van der Waals surface area contributed by atoms with Crippen LogP contribution in [0.25, 0.3) is 0 Å². The summed E-state index contributed by atoms with van der Waals surface area (Å²) in [6, 6.07) is 10.7. The standard InChI is InChI=1S/C14H20N2/c1-2-3-9-15-10-12-16(13-11-15)14-7-5-4-6-8-14/h2,4-8H,1,3,9-13H2. The predicted octanol–water partition coefficient (Wildman–Crippen LogP) is 2.38. The lowest BCUT2D eigenvalue weighted by Gasteiger charge is -2.35. The molecular formula is C14H20N2. The van der Waals surface area contributed by atoms with Gasteiger partial charge in [0.2, 0.25) is 0 Å². The topological polar surface area (TPSA) is 6.48 Å². The van der Waals surface area contributed by atoms with E-state index in [0.29, 0.717) is 0 Å². The van der Waals surface area contributed by atoms with Gasteiger partial charge in [-0.3, -0.25) is 4.90 Å². The summed E-state index contributed by atoms with van der Waals surface area (Å²) >= 11 is 0. The van der Waals surface area contributed by atoms with Crippen molar-refractivity contribution in [2.24, 2.45) is 0 Å². The van der Waals surface area contributed by atoms with E-state index in [1.54, 1.807) is 0 Å². The van der Waals surface area contributed by atoms with Crippen LogP contribution < -0.4 is 4.90 Å². The summed E-state index contributed by atoms with van der Waals surface area (Å²) in [6.07, 6.45) is 3.11. The Labute approximate surface area is 98.2 Å². The maximum atomic E-state index is 3.77. The molecule has 0 unspecified atom stereocenters. The van der Waals surface area contributed by atoms with Crippen LogP contribution in [0.5, 0.6) is 0 Å². The fourth-order valence-corrected chi connectivity index (χ4v) is 2.14. The maximum Gasteiger partial charge on any atom is 0.0367 e. The van der Waals surface area contributed by atoms with Crippen LogP contribution >= 0.6 is 0 Å². The largest absolute Gasteiger partial charge is 0.369 e. The van der Waals surface area contributed by atoms with Crippen molar-refractivity contribution in [3.8, 4) is 0 Å². The molecule has 1 fully saturated rings. The van der Waals surface area contributed by atoms with Gasteiger partial charge < -0.3 is 4.90 Å². The summed E-state index contributed by atoms with van der Waals surface area (Å²) in [5.41, 5.74) is 1.35. The van der Waals surface area contributed by atoms with Crippen LogP contribution in [0.2, 0.25) is 0 Å². The lowest BCUT2D eigenvalue weighted by atomic mass is 10.2. The highest BCUT2D eigenvalue weighted by Gasteiger charge is 2.15. The van der Waals surface area contributed by atoms with Crippen molar-refractivity contribution in [1.82, 2.24) is 4.90 Å². The van der Waals surface area contributed by atoms with Gasteiger partial charge in [-0.1, -0.05) is 24.3 Å². The van der Waals surface area contributed by atoms with Crippen LogP contribution in [0, 0.1) is 0 Å². The van der Waals surface area contributed by atoms with Crippen LogP contribution in [0.4, 0.5) is 5.69 Å². The number of para-hydroxylation sites is 1. The number of hydrogen-bond donors (Lipinski definition) is 0. The molecule has 2 rings (SSSR count). The van der Waals surface area contributed by atoms with E-state index in [1.807, 2.05) is 6.08 Å². The molecule has 0 atom stereocenters. The number of rotatable bonds is 4. The van der Waals surface area contributed by atoms with Gasteiger partial charge in [0.15, 0.2) is 0 Å². The van der Waals surface area contributed by atoms with Crippen LogP contribution in [0.1, 0.15) is 6.42 Å². The van der Waals surface area contributed by atoms with E-state index in [-0.39, 0.29) is 0 Å². The molecule has 1 aliphatic rings. The number of hydrogen-bond acceptors (Lipinski definition) is 2. The summed E-state index contributed by atoms with van der Waals surface area (Å²) in [5, 5.41) is 0. The molecule has 1 heterocycles. The predicted molar refractivity (Wildman–Crippen MR) is 69.9 cm³/mol. The number of anilines is 1. The molecule has 0 N–H and O–H groups in total. The molecule has 2 heteroatoms. The molecule has 1 aromatic carbocycles. The van der Waals surface area contributed by atoms with Gasteiger partial charge in [0, 0.05) is 38.4 Å². The van der Waals surface area contributed by atoms with Crippen molar-refractivity contribution in [2.45, 2.75) is 6.42 Å². The zero-order chi connectivity index (χ0) is 11.2. The van der Waals surface area contributed by atoms with Crippen molar-refractivity contribution < 1.29 is 0 Å². The van der Waals surface area contributed by atoms with Gasteiger partial charge in [-0.15, -0.1) is 6.58 Å². The van der Waals surface area contributed by atoms with E-state index >= 15 is 0 Å². The van der Waals surface area contributed by atoms with Crippen molar-refractivity contribution in [1.29, 1.82) is 0 Å². The minimum absolute atomic E-state index is 1.10. The summed E-state index contributed by atoms with van der Waals surface area (Å²) in [5.74, 6) is 0. The Morgan fingerprint density at radius 3 is 2.38 bits per heavy atom. The summed E-state index contributed by atoms with van der Waals surface area (Å²) in [4.78, 5) is 4.98. The second kappa shape index (κ2) is 5.71. The zero-order valence-electron chi connectivity index (χ0n) is 9.81. The highest BCUT2D eigenvalue weighted by Crippen LogP contribution is 2.15. The normalized spacial score (nSPS) is 17.4. The van der Waals surface area contributed by atoms with E-state index in [2.05, 4.69) is 46.7 Å². The molecule has 0 spiro atoms. The molecule has 0 aliphatic carbocycles. The third-order valence-electron chi connectivity index (χ3n) is 3.14. The fourth-order valence-electron chi connectivity index (χ4n) is 2.14. The van der Waals surface area contributed by atoms with E-state index in [4.69, 9.17) is 0 Å². The second-order valence-electron chi connectivity index (χ2n) is 4.24. The van der Waals surface area contributed by atoms with Crippen molar-refractivity contribution in [3.63, 3.8) is 0 Å². The van der Waals surface area contributed by atoms with E-state index in [0.717, 1.165) is 26.1 Å². The Morgan fingerprint density at radius 1 is 1.06 bits per heavy atom. The highest BCUT2D eigenvalue weighted by atomic mass is 15.3. The number of piperazine rings is 1. The molecule has 1 aromatic rings. The van der Waals surface area contributed by atoms with Crippen LogP contribution in [0.15, 0.2) is 43.0 Å². The Kier molecular flexibility index (Phi) is 4.00. The van der Waals surface area contributed by atoms with Gasteiger partial charge in [0.1, 0.15) is 0 Å². The SMILES string of the molecule is C=CCCN1CCN(c2ccccc2)CC1. The third-order valence-corrected chi connectivity index (χ3v) is 3.14. The average Bonchev–Trinajstić information content (AvgIpc) is 2.38. The molecule has 0 bridgehead atoms. The van der Waals surface area contributed by atoms with Gasteiger partial charge in [-0.25, -0.2) is 0 Å². The van der Waals surface area contributed by atoms with Gasteiger partial charge in [-0.2, -0.15) is 0 Å². The summed E-state index contributed by atoms with van der Waals surface area (Å²) in [6.45, 7) is 9.55. The van der Waals surface area contributed by atoms with Crippen molar-refractivity contribution in [2.75, 3.05) is 37.6 Å². The Hall–Kier alpha value is -1.28. The van der Waals surface area contributed by atoms with Gasteiger partial charge in [0.25, 0.3) is 0 Å². The first kappa shape index (κ1) is 11.2. The summed E-state index contributed by atoms with van der Waals surface area (Å²) < 4.78 is 0. The molecule has 0 amide bonds. The molecule has 0 aromatic heterocycles. The molecule has 2 nitrogen and oxygen atoms in total. The van der Waals surface area contributed by atoms with Crippen molar-refractivity contribution in [3.05, 3.63) is 43.0 Å². The minimum Gasteiger partial charge on any atom is -0.369 e. The van der Waals surface area contributed by atoms with E-state index in [9.17, 15) is 0 Å². The second-order valence-corrected chi connectivity index (χ2v) is 4.24. The monoisotopic (exact) mass is 216 g/mol. The Balaban J connectivity index is 1.83. The van der Waals surface area contributed by atoms with Crippen molar-refractivity contribution >= 4 is 5.69 Å². The van der Waals surface area contributed by atoms with Gasteiger partial charge >= 0.3 is 0 Å². The van der Waals surface area contributed by atoms with Crippen LogP contribution in [0.3, 0.4) is 0 Å². The first-order chi connectivity index (χ1) is 7.90. The lowest BCUT2D eigenvalue weighted by molar-refractivity contribution is 0.262. The molecular weight excluding hydrogens is 196 g/mol. The average molecular weight is 216 g/mol. The van der Waals surface area contributed by atoms with Crippen LogP contribution in [-0.2, 0) is 0 Å². The van der Waals surface area contributed by atoms with E-state index in [1.165, 1.54) is 18.8 Å². The lowest BCUT2D eigenvalue weighted by Crippen LogP contribution is -2.46. The van der Waals surface area contributed by atoms with Gasteiger partial charge in [-0.05, 0) is 18.6 Å². The number of nitrogens with zero attached hydrogens (tertiary/aromatic N) is 2. The quantitative estimate of drug-likeness (QED) is 0.713. The summed E-state index contributed by atoms with van der Waals surface area (Å²) in [7, 11) is 0. The fraction of sp³-hybridized carbons (Fsp3) is 0.429. The molecule has 0 radical (unpaired) electrons. The minimum atomic E-state index is 1.10. The molecule has 1 saturated heterocycles. The van der Waals surface area contributed by atoms with Crippen LogP contribution in [-0.4, -0.2) is 37.6 Å². The smallest absolute Gasteiger partial charge is 0.0367 e. The van der Waals surface area contributed by atoms with Gasteiger partial charge in [0.05, 0.1) is 0 Å². The first-order valence-corrected chi connectivity index (χ1v) is 6.03. The molecule has 16 heavy (non-hydrogen) atoms. The first-order valence-electron chi connectivity index (χ1n) is 6.03. The molecule has 1 aliphatic heterocycles. The zero-order valence-corrected chi connectivity index (χ0v) is 9.81. The Bertz CT molecular complexity index is 313. The number of benzene rings is 1. The molecule has 86 valence electrons. The maximum absolute atomic E-state index is 3.77. The van der Waals surface area contributed by atoms with E-state index < -0.39 is 0 Å². The third kappa shape index (κ3) is 2.86. The highest BCUT2D eigenvalue weighted by molar-refractivity contribution is 5.46.